The van der Waals surface area contributed by atoms with Crippen LogP contribution in [0.5, 0.6) is 0 Å². The highest BCUT2D eigenvalue weighted by atomic mass is 32.1. The number of benzene rings is 1. The molecule has 0 radical (unpaired) electrons. The van der Waals surface area contributed by atoms with Gasteiger partial charge in [-0.05, 0) is 42.8 Å². The van der Waals surface area contributed by atoms with Crippen molar-refractivity contribution in [3.8, 4) is 0 Å². The van der Waals surface area contributed by atoms with E-state index in [0.717, 1.165) is 31.6 Å². The molecule has 1 aliphatic rings. The summed E-state index contributed by atoms with van der Waals surface area (Å²) in [6.45, 7) is 1.35. The topological polar surface area (TPSA) is 45.7 Å². The molecule has 1 unspecified atom stereocenters. The van der Waals surface area contributed by atoms with E-state index >= 15 is 0 Å². The van der Waals surface area contributed by atoms with Crippen LogP contribution in [-0.4, -0.2) is 30.6 Å². The predicted octanol–water partition coefficient (Wildman–Crippen LogP) is 2.68. The summed E-state index contributed by atoms with van der Waals surface area (Å²) in [5.41, 5.74) is 2.19. The van der Waals surface area contributed by atoms with Crippen LogP contribution in [-0.2, 0) is 10.9 Å². The van der Waals surface area contributed by atoms with Gasteiger partial charge in [0.1, 0.15) is 0 Å². The van der Waals surface area contributed by atoms with Crippen LogP contribution in [0.25, 0.3) is 0 Å². The molecule has 1 fully saturated rings. The van der Waals surface area contributed by atoms with E-state index in [2.05, 4.69) is 15.8 Å². The van der Waals surface area contributed by atoms with Crippen LogP contribution < -0.4 is 10.7 Å². The lowest BCUT2D eigenvalue weighted by Gasteiger charge is -2.11. The van der Waals surface area contributed by atoms with Crippen LogP contribution in [0.1, 0.15) is 24.0 Å². The van der Waals surface area contributed by atoms with Gasteiger partial charge in [0, 0.05) is 13.2 Å². The fourth-order valence-electron chi connectivity index (χ4n) is 2.01. The van der Waals surface area contributed by atoms with Gasteiger partial charge < -0.3 is 10.1 Å². The van der Waals surface area contributed by atoms with Gasteiger partial charge in [-0.25, -0.2) is 0 Å². The average molecular weight is 331 g/mol. The molecule has 4 nitrogen and oxygen atoms in total. The van der Waals surface area contributed by atoms with Crippen LogP contribution in [0.15, 0.2) is 29.4 Å². The van der Waals surface area contributed by atoms with Gasteiger partial charge in [-0.2, -0.15) is 18.3 Å². The Morgan fingerprint density at radius 3 is 2.95 bits per heavy atom. The molecule has 120 valence electrons. The van der Waals surface area contributed by atoms with Crippen molar-refractivity contribution in [3.63, 3.8) is 0 Å². The minimum atomic E-state index is -4.37. The normalized spacial score (nSPS) is 18.6. The summed E-state index contributed by atoms with van der Waals surface area (Å²) in [5, 5.41) is 7.08. The van der Waals surface area contributed by atoms with Gasteiger partial charge in [0.15, 0.2) is 5.11 Å². The predicted molar refractivity (Wildman–Crippen MR) is 81.7 cm³/mol. The third-order valence-electron chi connectivity index (χ3n) is 3.11. The van der Waals surface area contributed by atoms with Crippen molar-refractivity contribution in [2.24, 2.45) is 5.10 Å². The lowest BCUT2D eigenvalue weighted by atomic mass is 10.1. The van der Waals surface area contributed by atoms with Gasteiger partial charge >= 0.3 is 6.18 Å². The van der Waals surface area contributed by atoms with Crippen LogP contribution in [0.4, 0.5) is 13.2 Å². The summed E-state index contributed by atoms with van der Waals surface area (Å²) < 4.78 is 43.1. The highest BCUT2D eigenvalue weighted by Crippen LogP contribution is 2.29. The van der Waals surface area contributed by atoms with Crippen LogP contribution in [0, 0.1) is 0 Å². The Bertz CT molecular complexity index is 542. The van der Waals surface area contributed by atoms with Crippen molar-refractivity contribution in [3.05, 3.63) is 35.4 Å². The Morgan fingerprint density at radius 2 is 2.27 bits per heavy atom. The second-order valence-corrected chi connectivity index (χ2v) is 5.25. The number of nitrogens with one attached hydrogen (secondary N) is 2. The molecule has 0 aromatic heterocycles. The number of rotatable bonds is 4. The molecule has 22 heavy (non-hydrogen) atoms. The van der Waals surface area contributed by atoms with Gasteiger partial charge in [-0.3, -0.25) is 5.43 Å². The summed E-state index contributed by atoms with van der Waals surface area (Å²) in [6, 6.07) is 4.90. The van der Waals surface area contributed by atoms with Crippen molar-refractivity contribution in [1.29, 1.82) is 0 Å². The monoisotopic (exact) mass is 331 g/mol. The molecule has 0 saturated carbocycles. The molecule has 0 aliphatic carbocycles. The van der Waals surface area contributed by atoms with Gasteiger partial charge in [0.05, 0.1) is 17.9 Å². The number of hydrogen-bond donors (Lipinski definition) is 2. The molecule has 0 bridgehead atoms. The quantitative estimate of drug-likeness (QED) is 0.506. The minimum Gasteiger partial charge on any atom is -0.376 e. The Balaban J connectivity index is 1.80. The van der Waals surface area contributed by atoms with Crippen molar-refractivity contribution in [1.82, 2.24) is 10.7 Å². The Kier molecular flexibility index (Phi) is 5.73. The molecule has 1 aromatic rings. The molecular formula is C14H16F3N3OS. The van der Waals surface area contributed by atoms with Gasteiger partial charge in [-0.15, -0.1) is 0 Å². The second kappa shape index (κ2) is 7.55. The van der Waals surface area contributed by atoms with E-state index in [1.54, 1.807) is 0 Å². The summed E-state index contributed by atoms with van der Waals surface area (Å²) in [5.74, 6) is 0. The third kappa shape index (κ3) is 5.27. The van der Waals surface area contributed by atoms with Crippen LogP contribution in [0.3, 0.4) is 0 Å². The van der Waals surface area contributed by atoms with Crippen molar-refractivity contribution < 1.29 is 17.9 Å². The number of nitrogens with zero attached hydrogens (tertiary/aromatic N) is 1. The molecule has 1 aliphatic heterocycles. The largest absolute Gasteiger partial charge is 0.416 e. The molecule has 2 rings (SSSR count). The van der Waals surface area contributed by atoms with Crippen molar-refractivity contribution >= 4 is 23.5 Å². The first-order valence-corrected chi connectivity index (χ1v) is 7.22. The summed E-state index contributed by atoms with van der Waals surface area (Å²) in [7, 11) is 0. The fraction of sp³-hybridized carbons (Fsp3) is 0.429. The first kappa shape index (κ1) is 16.7. The van der Waals surface area contributed by atoms with E-state index in [1.165, 1.54) is 18.3 Å². The van der Waals surface area contributed by atoms with Crippen molar-refractivity contribution in [2.75, 3.05) is 13.2 Å². The minimum absolute atomic E-state index is 0.146. The molecule has 1 heterocycles. The van der Waals surface area contributed by atoms with Crippen LogP contribution in [0.2, 0.25) is 0 Å². The van der Waals surface area contributed by atoms with Crippen molar-refractivity contribution in [2.45, 2.75) is 25.1 Å². The Labute approximate surface area is 131 Å². The highest BCUT2D eigenvalue weighted by molar-refractivity contribution is 7.80. The van der Waals surface area contributed by atoms with Gasteiger partial charge in [0.2, 0.25) is 0 Å². The molecule has 2 N–H and O–H groups in total. The molecular weight excluding hydrogens is 315 g/mol. The zero-order chi connectivity index (χ0) is 16.0. The van der Waals surface area contributed by atoms with E-state index in [1.807, 2.05) is 0 Å². The summed E-state index contributed by atoms with van der Waals surface area (Å²) >= 11 is 5.02. The highest BCUT2D eigenvalue weighted by Gasteiger charge is 2.30. The molecule has 0 spiro atoms. The van der Waals surface area contributed by atoms with E-state index in [-0.39, 0.29) is 6.10 Å². The fourth-order valence-corrected chi connectivity index (χ4v) is 2.15. The molecule has 1 saturated heterocycles. The van der Waals surface area contributed by atoms with E-state index in [4.69, 9.17) is 17.0 Å². The second-order valence-electron chi connectivity index (χ2n) is 4.84. The van der Waals surface area contributed by atoms with Gasteiger partial charge in [0.25, 0.3) is 0 Å². The molecule has 1 atom stereocenters. The zero-order valence-electron chi connectivity index (χ0n) is 11.7. The number of thiocarbonyl (C=S) groups is 1. The maximum atomic E-state index is 12.6. The zero-order valence-corrected chi connectivity index (χ0v) is 12.5. The van der Waals surface area contributed by atoms with Gasteiger partial charge in [-0.1, -0.05) is 12.1 Å². The maximum absolute atomic E-state index is 12.6. The van der Waals surface area contributed by atoms with E-state index < -0.39 is 11.7 Å². The molecule has 8 heteroatoms. The third-order valence-corrected chi connectivity index (χ3v) is 3.34. The first-order valence-electron chi connectivity index (χ1n) is 6.81. The number of hydrogen-bond acceptors (Lipinski definition) is 3. The Morgan fingerprint density at radius 1 is 1.45 bits per heavy atom. The smallest absolute Gasteiger partial charge is 0.376 e. The first-order chi connectivity index (χ1) is 10.4. The lowest BCUT2D eigenvalue weighted by molar-refractivity contribution is -0.137. The maximum Gasteiger partial charge on any atom is 0.416 e. The summed E-state index contributed by atoms with van der Waals surface area (Å²) in [6.07, 6.45) is -0.902. The Hall–Kier alpha value is -1.67. The SMILES string of the molecule is FC(F)(F)c1cccc(C=NNC(=S)NCC2CCCO2)c1. The average Bonchev–Trinajstić information content (AvgIpc) is 2.98. The van der Waals surface area contributed by atoms with E-state index in [9.17, 15) is 13.2 Å². The van der Waals surface area contributed by atoms with E-state index in [0.29, 0.717) is 17.2 Å². The number of hydrazone groups is 1. The standard InChI is InChI=1S/C14H16F3N3OS/c15-14(16,17)11-4-1-3-10(7-11)8-19-20-13(22)18-9-12-5-2-6-21-12/h1,3-4,7-8,12H,2,5-6,9H2,(H2,18,20,22). The molecule has 0 amide bonds. The van der Waals surface area contributed by atoms with Crippen LogP contribution >= 0.6 is 12.2 Å². The number of ether oxygens (including phenoxy) is 1. The number of halogens is 3. The molecule has 1 aromatic carbocycles. The number of alkyl halides is 3. The summed E-state index contributed by atoms with van der Waals surface area (Å²) in [4.78, 5) is 0. The lowest BCUT2D eigenvalue weighted by Crippen LogP contribution is -2.37.